The van der Waals surface area contributed by atoms with Crippen LogP contribution >= 0.6 is 47.8 Å². The van der Waals surface area contributed by atoms with Crippen LogP contribution in [0.15, 0.2) is 30.3 Å². The molecule has 0 N–H and O–H groups in total. The van der Waals surface area contributed by atoms with E-state index in [4.69, 9.17) is 4.74 Å². The molecule has 1 aliphatic heterocycles. The number of halogens is 3. The van der Waals surface area contributed by atoms with E-state index in [1.54, 1.807) is 30.3 Å². The first-order chi connectivity index (χ1) is 8.82. The van der Waals surface area contributed by atoms with Crippen molar-refractivity contribution in [3.63, 3.8) is 0 Å². The number of rotatable bonds is 1. The van der Waals surface area contributed by atoms with Crippen LogP contribution in [0.5, 0.6) is 0 Å². The third kappa shape index (κ3) is 2.90. The highest BCUT2D eigenvalue weighted by Gasteiger charge is 2.52. The van der Waals surface area contributed by atoms with Crippen LogP contribution in [-0.2, 0) is 14.3 Å². The van der Waals surface area contributed by atoms with E-state index in [9.17, 15) is 14.4 Å². The van der Waals surface area contributed by atoms with Crippen molar-refractivity contribution in [3.05, 3.63) is 35.9 Å². The maximum Gasteiger partial charge on any atom is 0.399 e. The van der Waals surface area contributed by atoms with Gasteiger partial charge in [0.2, 0.25) is 6.23 Å². The predicted molar refractivity (Wildman–Crippen MR) is 77.0 cm³/mol. The number of nitrogens with zero attached hydrogens (tertiary/aromatic N) is 1. The minimum Gasteiger partial charge on any atom is -0.430 e. The van der Waals surface area contributed by atoms with E-state index in [0.717, 1.165) is 4.90 Å². The van der Waals surface area contributed by atoms with E-state index < -0.39 is 26.2 Å². The van der Waals surface area contributed by atoms with Crippen molar-refractivity contribution in [1.29, 1.82) is 0 Å². The van der Waals surface area contributed by atoms with Crippen molar-refractivity contribution < 1.29 is 19.1 Å². The van der Waals surface area contributed by atoms with Crippen LogP contribution in [0.3, 0.4) is 0 Å². The summed E-state index contributed by atoms with van der Waals surface area (Å²) in [5, 5.41) is 0. The SMILES string of the molecule is O=C1OC(C(Br)(Br)Br)N(C(=O)c2ccccc2)C1=O. The quantitative estimate of drug-likeness (QED) is 0.282. The Kier molecular flexibility index (Phi) is 4.12. The fourth-order valence-electron chi connectivity index (χ4n) is 1.54. The molecule has 100 valence electrons. The van der Waals surface area contributed by atoms with Gasteiger partial charge in [-0.25, -0.2) is 9.69 Å². The third-order valence-electron chi connectivity index (χ3n) is 2.37. The zero-order chi connectivity index (χ0) is 14.2. The molecular formula is C11H6Br3NO4. The molecule has 0 saturated carbocycles. The van der Waals surface area contributed by atoms with Crippen LogP contribution in [0.4, 0.5) is 0 Å². The number of alkyl halides is 3. The van der Waals surface area contributed by atoms with Gasteiger partial charge >= 0.3 is 11.9 Å². The van der Waals surface area contributed by atoms with Gasteiger partial charge in [0.05, 0.1) is 0 Å². The molecule has 19 heavy (non-hydrogen) atoms. The second-order valence-corrected chi connectivity index (χ2v) is 10.6. The molecule has 8 heteroatoms. The summed E-state index contributed by atoms with van der Waals surface area (Å²) in [4.78, 5) is 36.1. The maximum absolute atomic E-state index is 12.3. The summed E-state index contributed by atoms with van der Waals surface area (Å²) in [6, 6.07) is 8.16. The zero-order valence-electron chi connectivity index (χ0n) is 9.18. The topological polar surface area (TPSA) is 63.7 Å². The van der Waals surface area contributed by atoms with E-state index in [0.29, 0.717) is 0 Å². The van der Waals surface area contributed by atoms with Gasteiger partial charge in [-0.2, -0.15) is 0 Å². The lowest BCUT2D eigenvalue weighted by Crippen LogP contribution is -2.45. The third-order valence-corrected chi connectivity index (χ3v) is 3.54. The highest BCUT2D eigenvalue weighted by Crippen LogP contribution is 2.42. The Morgan fingerprint density at radius 3 is 2.26 bits per heavy atom. The Morgan fingerprint density at radius 2 is 1.74 bits per heavy atom. The Hall–Kier alpha value is -0.730. The van der Waals surface area contributed by atoms with Gasteiger partial charge in [0, 0.05) is 5.56 Å². The van der Waals surface area contributed by atoms with Crippen molar-refractivity contribution in [3.8, 4) is 0 Å². The average molecular weight is 456 g/mol. The number of benzene rings is 1. The molecule has 2 rings (SSSR count). The number of carbonyl (C=O) groups excluding carboxylic acids is 3. The number of hydrogen-bond acceptors (Lipinski definition) is 4. The molecule has 0 aromatic heterocycles. The lowest BCUT2D eigenvalue weighted by atomic mass is 10.2. The van der Waals surface area contributed by atoms with Gasteiger partial charge in [0.25, 0.3) is 5.91 Å². The highest BCUT2D eigenvalue weighted by atomic mass is 80.0. The first-order valence-corrected chi connectivity index (χ1v) is 7.40. The monoisotopic (exact) mass is 453 g/mol. The summed E-state index contributed by atoms with van der Waals surface area (Å²) in [6.45, 7) is 0. The average Bonchev–Trinajstić information content (AvgIpc) is 2.66. The molecular weight excluding hydrogens is 450 g/mol. The van der Waals surface area contributed by atoms with Gasteiger partial charge in [-0.15, -0.1) is 0 Å². The molecule has 1 fully saturated rings. The molecule has 5 nitrogen and oxygen atoms in total. The van der Waals surface area contributed by atoms with Gasteiger partial charge in [0.15, 0.2) is 2.14 Å². The summed E-state index contributed by atoms with van der Waals surface area (Å²) < 4.78 is 3.77. The fraction of sp³-hybridized carbons (Fsp3) is 0.182. The standard InChI is InChI=1S/C11H6Br3NO4/c12-11(13,14)10-15(8(17)9(18)19-10)7(16)6-4-2-1-3-5-6/h1-5,10H. The molecule has 0 aliphatic carbocycles. The lowest BCUT2D eigenvalue weighted by Gasteiger charge is -2.26. The normalized spacial score (nSPS) is 19.5. The number of amides is 2. The molecule has 1 aromatic carbocycles. The first-order valence-electron chi connectivity index (χ1n) is 5.02. The van der Waals surface area contributed by atoms with Gasteiger partial charge in [-0.1, -0.05) is 66.0 Å². The largest absolute Gasteiger partial charge is 0.430 e. The minimum absolute atomic E-state index is 0.288. The van der Waals surface area contributed by atoms with Gasteiger partial charge in [-0.3, -0.25) is 9.59 Å². The fourth-order valence-corrected chi connectivity index (χ4v) is 2.44. The van der Waals surface area contributed by atoms with Crippen LogP contribution in [0.25, 0.3) is 0 Å². The van der Waals surface area contributed by atoms with E-state index in [2.05, 4.69) is 47.8 Å². The molecule has 0 spiro atoms. The smallest absolute Gasteiger partial charge is 0.399 e. The van der Waals surface area contributed by atoms with Crippen LogP contribution in [0.1, 0.15) is 10.4 Å². The summed E-state index contributed by atoms with van der Waals surface area (Å²) >= 11 is 9.45. The summed E-state index contributed by atoms with van der Waals surface area (Å²) in [5.74, 6) is -2.68. The molecule has 1 saturated heterocycles. The summed E-state index contributed by atoms with van der Waals surface area (Å²) in [5.41, 5.74) is 0.288. The molecule has 1 heterocycles. The van der Waals surface area contributed by atoms with E-state index in [1.807, 2.05) is 0 Å². The van der Waals surface area contributed by atoms with Crippen LogP contribution in [-0.4, -0.2) is 31.1 Å². The second-order valence-electron chi connectivity index (χ2n) is 3.65. The zero-order valence-corrected chi connectivity index (χ0v) is 13.9. The van der Waals surface area contributed by atoms with Crippen LogP contribution in [0, 0.1) is 0 Å². The van der Waals surface area contributed by atoms with Crippen molar-refractivity contribution in [2.75, 3.05) is 0 Å². The Balaban J connectivity index is 2.38. The first kappa shape index (κ1) is 14.7. The number of hydrogen-bond donors (Lipinski definition) is 0. The van der Waals surface area contributed by atoms with Crippen molar-refractivity contribution in [1.82, 2.24) is 4.90 Å². The molecule has 1 unspecified atom stereocenters. The maximum atomic E-state index is 12.3. The number of imide groups is 1. The molecule has 0 radical (unpaired) electrons. The predicted octanol–water partition coefficient (Wildman–Crippen LogP) is 2.38. The highest BCUT2D eigenvalue weighted by molar-refractivity contribution is 9.39. The van der Waals surface area contributed by atoms with E-state index in [-0.39, 0.29) is 5.56 Å². The van der Waals surface area contributed by atoms with Gasteiger partial charge < -0.3 is 4.74 Å². The number of carbonyl (C=O) groups is 3. The van der Waals surface area contributed by atoms with E-state index >= 15 is 0 Å². The van der Waals surface area contributed by atoms with Crippen LogP contribution in [0.2, 0.25) is 0 Å². The number of cyclic esters (lactones) is 1. The minimum atomic E-state index is -1.12. The van der Waals surface area contributed by atoms with Gasteiger partial charge in [-0.05, 0) is 12.1 Å². The number of ether oxygens (including phenoxy) is 1. The van der Waals surface area contributed by atoms with Crippen molar-refractivity contribution in [2.45, 2.75) is 8.37 Å². The summed E-state index contributed by atoms with van der Waals surface area (Å²) in [7, 11) is 0. The van der Waals surface area contributed by atoms with Crippen molar-refractivity contribution >= 4 is 65.6 Å². The second kappa shape index (κ2) is 5.34. The van der Waals surface area contributed by atoms with Crippen LogP contribution < -0.4 is 0 Å². The Labute approximate surface area is 133 Å². The van der Waals surface area contributed by atoms with Gasteiger partial charge in [0.1, 0.15) is 0 Å². The Bertz CT molecular complexity index is 541. The summed E-state index contributed by atoms with van der Waals surface area (Å²) in [6.07, 6.45) is -1.12. The molecule has 1 aromatic rings. The number of esters is 1. The molecule has 1 atom stereocenters. The Morgan fingerprint density at radius 1 is 1.16 bits per heavy atom. The molecule has 1 aliphatic rings. The molecule has 0 bridgehead atoms. The van der Waals surface area contributed by atoms with Crippen molar-refractivity contribution in [2.24, 2.45) is 0 Å². The lowest BCUT2D eigenvalue weighted by molar-refractivity contribution is -0.148. The van der Waals surface area contributed by atoms with E-state index in [1.165, 1.54) is 0 Å². The molecule has 2 amide bonds.